The summed E-state index contributed by atoms with van der Waals surface area (Å²) >= 11 is 6.16. The Kier molecular flexibility index (Phi) is 7.64. The number of nitrogens with one attached hydrogen (secondary N) is 2. The molecule has 0 fully saturated rings. The monoisotopic (exact) mass is 489 g/mol. The van der Waals surface area contributed by atoms with Gasteiger partial charge in [0.25, 0.3) is 11.6 Å². The van der Waals surface area contributed by atoms with Crippen molar-refractivity contribution in [3.8, 4) is 5.75 Å². The number of carbonyl (C=O) groups is 1. The smallest absolute Gasteiger partial charge is 0.271 e. The van der Waals surface area contributed by atoms with Crippen molar-refractivity contribution >= 4 is 38.9 Å². The summed E-state index contributed by atoms with van der Waals surface area (Å²) in [6.45, 7) is 1.30. The van der Waals surface area contributed by atoms with Gasteiger partial charge in [-0.1, -0.05) is 48.0 Å². The SMILES string of the molecule is C[C@H](NS(=O)(=O)c1ccc(OCC(=O)Nc2cccc([N+](=O)[O-])c2)c(Cl)c1)c1ccccc1. The average Bonchev–Trinajstić information content (AvgIpc) is 2.78. The van der Waals surface area contributed by atoms with Gasteiger partial charge in [-0.05, 0) is 36.8 Å². The molecular weight excluding hydrogens is 470 g/mol. The third-order valence-electron chi connectivity index (χ3n) is 4.54. The molecule has 11 heteroatoms. The molecule has 1 amide bonds. The number of amides is 1. The Labute approximate surface area is 195 Å². The lowest BCUT2D eigenvalue weighted by molar-refractivity contribution is -0.384. The number of halogens is 1. The molecule has 0 radical (unpaired) electrons. The van der Waals surface area contributed by atoms with Crippen LogP contribution in [0, 0.1) is 10.1 Å². The van der Waals surface area contributed by atoms with Crippen molar-refractivity contribution in [2.24, 2.45) is 0 Å². The molecule has 0 heterocycles. The largest absolute Gasteiger partial charge is 0.482 e. The Morgan fingerprint density at radius 1 is 1.09 bits per heavy atom. The molecule has 0 unspecified atom stereocenters. The maximum Gasteiger partial charge on any atom is 0.271 e. The van der Waals surface area contributed by atoms with E-state index in [4.69, 9.17) is 16.3 Å². The maximum absolute atomic E-state index is 12.7. The van der Waals surface area contributed by atoms with Crippen molar-refractivity contribution in [3.63, 3.8) is 0 Å². The maximum atomic E-state index is 12.7. The number of non-ortho nitro benzene ring substituents is 1. The Hall–Kier alpha value is -3.47. The molecule has 0 saturated heterocycles. The Morgan fingerprint density at radius 3 is 2.48 bits per heavy atom. The molecule has 0 saturated carbocycles. The minimum atomic E-state index is -3.85. The summed E-state index contributed by atoms with van der Waals surface area (Å²) in [5.41, 5.74) is 0.884. The summed E-state index contributed by atoms with van der Waals surface area (Å²) in [6, 6.07) is 18.0. The number of carbonyl (C=O) groups excluding carboxylic acids is 1. The van der Waals surface area contributed by atoms with E-state index in [1.54, 1.807) is 6.92 Å². The first-order valence-corrected chi connectivity index (χ1v) is 11.6. The molecule has 3 aromatic carbocycles. The first kappa shape index (κ1) is 24.2. The number of ether oxygens (including phenoxy) is 1. The highest BCUT2D eigenvalue weighted by atomic mass is 35.5. The minimum Gasteiger partial charge on any atom is -0.482 e. The Morgan fingerprint density at radius 2 is 1.82 bits per heavy atom. The predicted octanol–water partition coefficient (Wildman–Crippen LogP) is 4.31. The van der Waals surface area contributed by atoms with Gasteiger partial charge in [0.05, 0.1) is 14.8 Å². The third kappa shape index (κ3) is 6.51. The van der Waals surface area contributed by atoms with Crippen LogP contribution in [0.5, 0.6) is 5.75 Å². The van der Waals surface area contributed by atoms with Crippen LogP contribution < -0.4 is 14.8 Å². The zero-order valence-corrected chi connectivity index (χ0v) is 19.0. The molecule has 0 aliphatic rings. The lowest BCUT2D eigenvalue weighted by Crippen LogP contribution is -2.27. The van der Waals surface area contributed by atoms with Gasteiger partial charge in [0.1, 0.15) is 5.75 Å². The van der Waals surface area contributed by atoms with E-state index in [1.165, 1.54) is 42.5 Å². The van der Waals surface area contributed by atoms with E-state index in [2.05, 4.69) is 10.0 Å². The van der Waals surface area contributed by atoms with Crippen LogP contribution in [0.25, 0.3) is 0 Å². The van der Waals surface area contributed by atoms with Crippen LogP contribution >= 0.6 is 11.6 Å². The number of benzene rings is 3. The summed E-state index contributed by atoms with van der Waals surface area (Å²) in [5.74, 6) is -0.456. The Bertz CT molecular complexity index is 1270. The summed E-state index contributed by atoms with van der Waals surface area (Å²) in [7, 11) is -3.85. The quantitative estimate of drug-likeness (QED) is 0.340. The fourth-order valence-corrected chi connectivity index (χ4v) is 4.47. The van der Waals surface area contributed by atoms with E-state index in [0.717, 1.165) is 5.56 Å². The topological polar surface area (TPSA) is 128 Å². The number of nitro benzene ring substituents is 1. The van der Waals surface area contributed by atoms with Gasteiger partial charge in [-0.15, -0.1) is 0 Å². The molecule has 1 atom stereocenters. The number of anilines is 1. The van der Waals surface area contributed by atoms with Gasteiger partial charge in [0.15, 0.2) is 6.61 Å². The summed E-state index contributed by atoms with van der Waals surface area (Å²) in [5, 5.41) is 13.3. The number of nitro groups is 1. The molecule has 0 aliphatic heterocycles. The van der Waals surface area contributed by atoms with E-state index in [9.17, 15) is 23.3 Å². The molecule has 0 aliphatic carbocycles. The highest BCUT2D eigenvalue weighted by Gasteiger charge is 2.20. The zero-order chi connectivity index (χ0) is 24.0. The number of rotatable bonds is 9. The van der Waals surface area contributed by atoms with Crippen molar-refractivity contribution in [3.05, 3.63) is 93.5 Å². The van der Waals surface area contributed by atoms with Gasteiger partial charge in [-0.2, -0.15) is 0 Å². The predicted molar refractivity (Wildman–Crippen MR) is 124 cm³/mol. The van der Waals surface area contributed by atoms with Gasteiger partial charge >= 0.3 is 0 Å². The van der Waals surface area contributed by atoms with Gasteiger partial charge < -0.3 is 10.1 Å². The van der Waals surface area contributed by atoms with Crippen LogP contribution in [0.1, 0.15) is 18.5 Å². The van der Waals surface area contributed by atoms with Gasteiger partial charge in [0, 0.05) is 23.9 Å². The van der Waals surface area contributed by atoms with Crippen molar-refractivity contribution in [2.75, 3.05) is 11.9 Å². The lowest BCUT2D eigenvalue weighted by atomic mass is 10.1. The number of sulfonamides is 1. The highest BCUT2D eigenvalue weighted by Crippen LogP contribution is 2.28. The van der Waals surface area contributed by atoms with E-state index in [-0.39, 0.29) is 27.0 Å². The molecule has 2 N–H and O–H groups in total. The van der Waals surface area contributed by atoms with Crippen LogP contribution in [0.2, 0.25) is 5.02 Å². The third-order valence-corrected chi connectivity index (χ3v) is 6.38. The first-order chi connectivity index (χ1) is 15.7. The van der Waals surface area contributed by atoms with E-state index in [0.29, 0.717) is 0 Å². The molecular formula is C22H20ClN3O6S. The van der Waals surface area contributed by atoms with E-state index in [1.807, 2.05) is 30.3 Å². The van der Waals surface area contributed by atoms with Gasteiger partial charge in [-0.3, -0.25) is 14.9 Å². The van der Waals surface area contributed by atoms with Crippen molar-refractivity contribution in [1.29, 1.82) is 0 Å². The van der Waals surface area contributed by atoms with Crippen LogP contribution in [-0.4, -0.2) is 25.9 Å². The second-order valence-corrected chi connectivity index (χ2v) is 9.11. The molecule has 33 heavy (non-hydrogen) atoms. The summed E-state index contributed by atoms with van der Waals surface area (Å²) in [6.07, 6.45) is 0. The normalized spacial score (nSPS) is 12.1. The Balaban J connectivity index is 1.62. The van der Waals surface area contributed by atoms with Crippen LogP contribution in [-0.2, 0) is 14.8 Å². The number of hydrogen-bond donors (Lipinski definition) is 2. The fourth-order valence-electron chi connectivity index (χ4n) is 2.91. The van der Waals surface area contributed by atoms with Crippen molar-refractivity contribution in [1.82, 2.24) is 4.72 Å². The van der Waals surface area contributed by atoms with E-state index < -0.39 is 33.5 Å². The number of nitrogens with zero attached hydrogens (tertiary/aromatic N) is 1. The lowest BCUT2D eigenvalue weighted by Gasteiger charge is -2.15. The van der Waals surface area contributed by atoms with Crippen LogP contribution in [0.15, 0.2) is 77.7 Å². The second-order valence-electron chi connectivity index (χ2n) is 6.99. The highest BCUT2D eigenvalue weighted by molar-refractivity contribution is 7.89. The van der Waals surface area contributed by atoms with Crippen molar-refractivity contribution in [2.45, 2.75) is 17.9 Å². The summed E-state index contributed by atoms with van der Waals surface area (Å²) in [4.78, 5) is 22.3. The standard InChI is InChI=1S/C22H20ClN3O6S/c1-15(16-6-3-2-4-7-16)25-33(30,31)19-10-11-21(20(23)13-19)32-14-22(27)24-17-8-5-9-18(12-17)26(28)29/h2-13,15,25H,14H2,1H3,(H,24,27)/t15-/m0/s1. The fraction of sp³-hybridized carbons (Fsp3) is 0.136. The molecule has 3 aromatic rings. The molecule has 9 nitrogen and oxygen atoms in total. The van der Waals surface area contributed by atoms with Crippen LogP contribution in [0.4, 0.5) is 11.4 Å². The molecule has 0 bridgehead atoms. The molecule has 0 spiro atoms. The first-order valence-electron chi connectivity index (χ1n) is 9.69. The van der Waals surface area contributed by atoms with Gasteiger partial charge in [0.2, 0.25) is 10.0 Å². The van der Waals surface area contributed by atoms with Gasteiger partial charge in [-0.25, -0.2) is 13.1 Å². The molecule has 3 rings (SSSR count). The summed E-state index contributed by atoms with van der Waals surface area (Å²) < 4.78 is 33.4. The van der Waals surface area contributed by atoms with Crippen molar-refractivity contribution < 1.29 is 22.9 Å². The van der Waals surface area contributed by atoms with Crippen LogP contribution in [0.3, 0.4) is 0 Å². The molecule has 0 aromatic heterocycles. The minimum absolute atomic E-state index is 0.00777. The zero-order valence-electron chi connectivity index (χ0n) is 17.4. The molecule has 172 valence electrons. The second kappa shape index (κ2) is 10.4. The number of hydrogen-bond acceptors (Lipinski definition) is 6. The van der Waals surface area contributed by atoms with E-state index >= 15 is 0 Å². The average molecular weight is 490 g/mol.